The molecular formula is C22H24F3N3O5. The maximum atomic E-state index is 15.0. The molecule has 8 nitrogen and oxygen atoms in total. The largest absolute Gasteiger partial charge is 0.396 e. The number of benzene rings is 2. The summed E-state index contributed by atoms with van der Waals surface area (Å²) in [5.41, 5.74) is 0.666. The van der Waals surface area contributed by atoms with Gasteiger partial charge in [-0.15, -0.1) is 0 Å². The molecule has 0 heterocycles. The summed E-state index contributed by atoms with van der Waals surface area (Å²) in [5.74, 6) is -4.48. The van der Waals surface area contributed by atoms with Crippen molar-refractivity contribution in [2.45, 2.75) is 19.8 Å². The number of hydroxylamine groups is 1. The summed E-state index contributed by atoms with van der Waals surface area (Å²) in [4.78, 5) is 22.4. The molecule has 1 saturated carbocycles. The lowest BCUT2D eigenvalue weighted by Gasteiger charge is -2.16. The van der Waals surface area contributed by atoms with E-state index in [0.29, 0.717) is 5.56 Å². The van der Waals surface area contributed by atoms with Crippen molar-refractivity contribution in [3.63, 3.8) is 0 Å². The first-order valence-electron chi connectivity index (χ1n) is 10.1. The molecule has 0 unspecified atom stereocenters. The first kappa shape index (κ1) is 24.5. The molecule has 2 aromatic rings. The molecule has 0 radical (unpaired) electrons. The van der Waals surface area contributed by atoms with E-state index >= 15 is 0 Å². The molecule has 0 spiro atoms. The van der Waals surface area contributed by atoms with E-state index in [0.717, 1.165) is 25.1 Å². The Morgan fingerprint density at radius 2 is 1.97 bits per heavy atom. The van der Waals surface area contributed by atoms with Gasteiger partial charge in [-0.05, 0) is 43.5 Å². The average molecular weight is 467 g/mol. The van der Waals surface area contributed by atoms with Crippen molar-refractivity contribution in [3.8, 4) is 0 Å². The highest BCUT2D eigenvalue weighted by Crippen LogP contribution is 2.45. The zero-order valence-electron chi connectivity index (χ0n) is 17.8. The number of aliphatic hydroxyl groups excluding tert-OH is 2. The van der Waals surface area contributed by atoms with Crippen LogP contribution in [-0.2, 0) is 9.68 Å². The van der Waals surface area contributed by atoms with Gasteiger partial charge in [-0.2, -0.15) is 0 Å². The van der Waals surface area contributed by atoms with Crippen LogP contribution in [0.5, 0.6) is 0 Å². The van der Waals surface area contributed by atoms with Crippen LogP contribution in [0.25, 0.3) is 0 Å². The molecule has 11 heteroatoms. The first-order valence-corrected chi connectivity index (χ1v) is 10.1. The van der Waals surface area contributed by atoms with Crippen molar-refractivity contribution in [3.05, 3.63) is 58.4 Å². The van der Waals surface area contributed by atoms with E-state index in [1.165, 1.54) is 12.1 Å². The van der Waals surface area contributed by atoms with Gasteiger partial charge in [-0.3, -0.25) is 9.63 Å². The number of aryl methyl sites for hydroxylation is 1. The Hall–Kier alpha value is -3.15. The van der Waals surface area contributed by atoms with E-state index in [1.807, 2.05) is 5.48 Å². The number of halogens is 3. The molecule has 0 saturated heterocycles. The topological polar surface area (TPSA) is 112 Å². The third-order valence-corrected chi connectivity index (χ3v) is 5.15. The van der Waals surface area contributed by atoms with Gasteiger partial charge in [0.05, 0.1) is 43.0 Å². The number of nitrogens with zero attached hydrogens (tertiary/aromatic N) is 1. The molecule has 1 fully saturated rings. The molecule has 2 aromatic carbocycles. The van der Waals surface area contributed by atoms with Gasteiger partial charge < -0.3 is 20.4 Å². The number of carbonyl (C=O) groups is 1. The van der Waals surface area contributed by atoms with E-state index in [1.54, 1.807) is 13.0 Å². The third kappa shape index (κ3) is 6.01. The predicted octanol–water partition coefficient (Wildman–Crippen LogP) is 2.93. The van der Waals surface area contributed by atoms with Gasteiger partial charge in [0.2, 0.25) is 0 Å². The van der Waals surface area contributed by atoms with Crippen molar-refractivity contribution >= 4 is 23.5 Å². The molecular weight excluding hydrogens is 443 g/mol. The van der Waals surface area contributed by atoms with Crippen LogP contribution < -0.4 is 10.8 Å². The Bertz CT molecular complexity index is 1040. The quantitative estimate of drug-likeness (QED) is 0.230. The van der Waals surface area contributed by atoms with Gasteiger partial charge >= 0.3 is 0 Å². The van der Waals surface area contributed by atoms with Crippen LogP contribution >= 0.6 is 0 Å². The Morgan fingerprint density at radius 3 is 2.61 bits per heavy atom. The fraction of sp³-hybridized carbons (Fsp3) is 0.364. The highest BCUT2D eigenvalue weighted by atomic mass is 19.2. The molecule has 1 aliphatic carbocycles. The van der Waals surface area contributed by atoms with Crippen molar-refractivity contribution in [2.75, 3.05) is 31.7 Å². The second-order valence-corrected chi connectivity index (χ2v) is 7.79. The number of hydrogen-bond donors (Lipinski definition) is 4. The summed E-state index contributed by atoms with van der Waals surface area (Å²) in [7, 11) is 0. The predicted molar refractivity (Wildman–Crippen MR) is 114 cm³/mol. The second-order valence-electron chi connectivity index (χ2n) is 7.79. The Labute approximate surface area is 188 Å². The number of hydrogen-bond acceptors (Lipinski definition) is 7. The maximum Gasteiger partial charge on any atom is 0.277 e. The monoisotopic (exact) mass is 467 g/mol. The minimum Gasteiger partial charge on any atom is -0.396 e. The van der Waals surface area contributed by atoms with E-state index in [4.69, 9.17) is 14.8 Å². The number of nitrogens with one attached hydrogen (secondary N) is 2. The van der Waals surface area contributed by atoms with Crippen LogP contribution in [0.15, 0.2) is 29.4 Å². The number of anilines is 2. The normalized spacial score (nSPS) is 14.4. The number of carbonyl (C=O) groups excluding carboxylic acids is 1. The maximum absolute atomic E-state index is 15.0. The minimum atomic E-state index is -1.44. The number of rotatable bonds is 11. The Morgan fingerprint density at radius 1 is 1.21 bits per heavy atom. The lowest BCUT2D eigenvalue weighted by Crippen LogP contribution is -2.26. The van der Waals surface area contributed by atoms with Gasteiger partial charge in [-0.1, -0.05) is 11.2 Å². The van der Waals surface area contributed by atoms with Crippen LogP contribution in [0.1, 0.15) is 34.3 Å². The van der Waals surface area contributed by atoms with Crippen LogP contribution in [0.3, 0.4) is 0 Å². The van der Waals surface area contributed by atoms with Crippen LogP contribution in [0, 0.1) is 29.8 Å². The molecule has 4 N–H and O–H groups in total. The second kappa shape index (κ2) is 10.6. The summed E-state index contributed by atoms with van der Waals surface area (Å²) in [6.07, 6.45) is 2.44. The SMILES string of the molecule is Cc1ccc(Nc2c(C(=O)NOCCO)cc(/C=N/OCC3(CO)CC3)c(F)c2F)c(F)c1. The van der Waals surface area contributed by atoms with E-state index < -0.39 is 40.2 Å². The Balaban J connectivity index is 1.91. The average Bonchev–Trinajstić information content (AvgIpc) is 3.57. The van der Waals surface area contributed by atoms with E-state index in [9.17, 15) is 23.1 Å². The van der Waals surface area contributed by atoms with Crippen molar-refractivity contribution in [1.29, 1.82) is 0 Å². The standard InChI is InChI=1S/C22H24F3N3O5/c1-13-2-3-17(16(23)8-13)27-20-15(21(31)28-32-7-6-29)9-14(18(24)19(20)25)10-26-33-12-22(11-30)4-5-22/h2-3,8-10,27,29-30H,4-7,11-12H2,1H3,(H,28,31)/b26-10+. The van der Waals surface area contributed by atoms with Gasteiger partial charge in [0.15, 0.2) is 11.6 Å². The van der Waals surface area contributed by atoms with Crippen LogP contribution in [0.4, 0.5) is 24.5 Å². The summed E-state index contributed by atoms with van der Waals surface area (Å²) >= 11 is 0. The molecule has 0 aliphatic heterocycles. The molecule has 33 heavy (non-hydrogen) atoms. The summed E-state index contributed by atoms with van der Waals surface area (Å²) in [6.45, 7) is 1.08. The highest BCUT2D eigenvalue weighted by Gasteiger charge is 2.43. The molecule has 0 atom stereocenters. The summed E-state index contributed by atoms with van der Waals surface area (Å²) in [6, 6.07) is 5.07. The fourth-order valence-electron chi connectivity index (χ4n) is 2.91. The van der Waals surface area contributed by atoms with Gasteiger partial charge in [0.1, 0.15) is 12.4 Å². The van der Waals surface area contributed by atoms with E-state index in [-0.39, 0.29) is 37.5 Å². The van der Waals surface area contributed by atoms with Gasteiger partial charge in [0.25, 0.3) is 5.91 Å². The third-order valence-electron chi connectivity index (χ3n) is 5.15. The summed E-state index contributed by atoms with van der Waals surface area (Å²) < 4.78 is 44.0. The lowest BCUT2D eigenvalue weighted by atomic mass is 10.1. The smallest absolute Gasteiger partial charge is 0.277 e. The van der Waals surface area contributed by atoms with Crippen molar-refractivity contribution < 1.29 is 37.9 Å². The number of amides is 1. The van der Waals surface area contributed by atoms with Crippen molar-refractivity contribution in [1.82, 2.24) is 5.48 Å². The van der Waals surface area contributed by atoms with Crippen molar-refractivity contribution in [2.24, 2.45) is 10.6 Å². The fourth-order valence-corrected chi connectivity index (χ4v) is 2.91. The number of oxime groups is 1. The molecule has 1 aliphatic rings. The molecule has 3 rings (SSSR count). The van der Waals surface area contributed by atoms with Crippen LogP contribution in [-0.4, -0.2) is 48.8 Å². The molecule has 178 valence electrons. The molecule has 0 aromatic heterocycles. The molecule has 0 bridgehead atoms. The van der Waals surface area contributed by atoms with Gasteiger partial charge in [0, 0.05) is 11.0 Å². The van der Waals surface area contributed by atoms with Gasteiger partial charge in [-0.25, -0.2) is 18.7 Å². The Kier molecular flexibility index (Phi) is 7.90. The lowest BCUT2D eigenvalue weighted by molar-refractivity contribution is 0.0168. The zero-order chi connectivity index (χ0) is 24.0. The highest BCUT2D eigenvalue weighted by molar-refractivity contribution is 6.01. The summed E-state index contributed by atoms with van der Waals surface area (Å²) in [5, 5.41) is 24.1. The minimum absolute atomic E-state index is 0.0698. The zero-order valence-corrected chi connectivity index (χ0v) is 17.8. The first-order chi connectivity index (χ1) is 15.8. The molecule has 1 amide bonds. The number of aliphatic hydroxyl groups is 2. The van der Waals surface area contributed by atoms with E-state index in [2.05, 4.69) is 10.5 Å². The van der Waals surface area contributed by atoms with Crippen LogP contribution in [0.2, 0.25) is 0 Å².